The first kappa shape index (κ1) is 17.1. The number of hydrogen-bond donors (Lipinski definition) is 1. The van der Waals surface area contributed by atoms with Crippen LogP contribution in [0, 0.1) is 6.92 Å². The number of carboxylic acid groups (broad SMARTS) is 1. The van der Waals surface area contributed by atoms with Gasteiger partial charge in [0.15, 0.2) is 0 Å². The van der Waals surface area contributed by atoms with Crippen molar-refractivity contribution in [1.29, 1.82) is 0 Å². The van der Waals surface area contributed by atoms with Crippen molar-refractivity contribution in [2.45, 2.75) is 30.0 Å². The number of thioether (sulfide) groups is 1. The van der Waals surface area contributed by atoms with Crippen molar-refractivity contribution < 1.29 is 14.7 Å². The number of aliphatic carboxylic acids is 1. The Bertz CT molecular complexity index is 1010. The number of anilines is 1. The molecule has 1 aliphatic rings. The highest BCUT2D eigenvalue weighted by Crippen LogP contribution is 2.41. The summed E-state index contributed by atoms with van der Waals surface area (Å²) >= 11 is 2.91. The van der Waals surface area contributed by atoms with Crippen molar-refractivity contribution in [3.05, 3.63) is 53.0 Å². The summed E-state index contributed by atoms with van der Waals surface area (Å²) in [6.45, 7) is 2.40. The van der Waals surface area contributed by atoms with Crippen molar-refractivity contribution >= 4 is 50.9 Å². The zero-order chi connectivity index (χ0) is 18.3. The molecule has 1 N–H and O–H groups in total. The number of fused-ring (bicyclic) bond motifs is 2. The molecule has 0 saturated carbocycles. The first-order valence-corrected chi connectivity index (χ1v) is 9.86. The van der Waals surface area contributed by atoms with Gasteiger partial charge in [-0.2, -0.15) is 0 Å². The van der Waals surface area contributed by atoms with E-state index < -0.39 is 11.2 Å². The molecule has 2 heterocycles. The van der Waals surface area contributed by atoms with Gasteiger partial charge in [0.2, 0.25) is 5.91 Å². The van der Waals surface area contributed by atoms with Crippen LogP contribution in [0.3, 0.4) is 0 Å². The van der Waals surface area contributed by atoms with Crippen LogP contribution >= 0.6 is 23.1 Å². The van der Waals surface area contributed by atoms with Gasteiger partial charge in [0.25, 0.3) is 0 Å². The maximum Gasteiger partial charge on any atom is 0.305 e. The van der Waals surface area contributed by atoms with Gasteiger partial charge in [-0.15, -0.1) is 23.1 Å². The fraction of sp³-hybridized carbons (Fsp3) is 0.211. The topological polar surface area (TPSA) is 70.5 Å². The summed E-state index contributed by atoms with van der Waals surface area (Å²) in [5.74, 6) is -1.14. The van der Waals surface area contributed by atoms with E-state index in [1.807, 2.05) is 49.4 Å². The molecule has 1 amide bonds. The number of aromatic nitrogens is 1. The van der Waals surface area contributed by atoms with Gasteiger partial charge < -0.3 is 10.0 Å². The highest BCUT2D eigenvalue weighted by Gasteiger charge is 2.35. The molecule has 5 nitrogen and oxygen atoms in total. The van der Waals surface area contributed by atoms with Crippen LogP contribution in [0.25, 0.3) is 10.2 Å². The van der Waals surface area contributed by atoms with Crippen molar-refractivity contribution in [3.8, 4) is 0 Å². The highest BCUT2D eigenvalue weighted by atomic mass is 32.2. The van der Waals surface area contributed by atoms with Crippen LogP contribution in [0.4, 0.5) is 5.69 Å². The number of nitrogens with zero attached hydrogens (tertiary/aromatic N) is 2. The van der Waals surface area contributed by atoms with E-state index in [9.17, 15) is 9.59 Å². The summed E-state index contributed by atoms with van der Waals surface area (Å²) in [4.78, 5) is 31.3. The van der Waals surface area contributed by atoms with Gasteiger partial charge in [-0.3, -0.25) is 9.59 Å². The number of para-hydroxylation sites is 1. The number of carbonyl (C=O) groups is 2. The number of carboxylic acids is 1. The van der Waals surface area contributed by atoms with E-state index in [0.29, 0.717) is 6.54 Å². The number of benzene rings is 2. The molecule has 7 heteroatoms. The fourth-order valence-corrected chi connectivity index (χ4v) is 5.30. The van der Waals surface area contributed by atoms with Gasteiger partial charge in [-0.05, 0) is 30.7 Å². The molecule has 132 valence electrons. The van der Waals surface area contributed by atoms with Gasteiger partial charge in [-0.25, -0.2) is 4.98 Å². The van der Waals surface area contributed by atoms with Gasteiger partial charge >= 0.3 is 5.97 Å². The van der Waals surface area contributed by atoms with Crippen molar-refractivity contribution in [3.63, 3.8) is 0 Å². The largest absolute Gasteiger partial charge is 0.481 e. The number of amides is 1. The smallest absolute Gasteiger partial charge is 0.305 e. The van der Waals surface area contributed by atoms with Crippen LogP contribution < -0.4 is 4.90 Å². The minimum Gasteiger partial charge on any atom is -0.481 e. The van der Waals surface area contributed by atoms with Crippen LogP contribution in [0.15, 0.2) is 47.4 Å². The normalized spacial score (nSPS) is 16.7. The average molecular weight is 384 g/mol. The third-order valence-electron chi connectivity index (χ3n) is 4.28. The van der Waals surface area contributed by atoms with E-state index in [4.69, 9.17) is 5.11 Å². The third kappa shape index (κ3) is 3.08. The predicted octanol–water partition coefficient (Wildman–Crippen LogP) is 4.09. The molecule has 0 saturated heterocycles. The fourth-order valence-electron chi connectivity index (χ4n) is 3.06. The van der Waals surface area contributed by atoms with E-state index in [-0.39, 0.29) is 12.3 Å². The summed E-state index contributed by atoms with van der Waals surface area (Å²) in [5, 5.41) is 9.37. The lowest BCUT2D eigenvalue weighted by Gasteiger charge is -2.32. The molecule has 0 radical (unpaired) electrons. The summed E-state index contributed by atoms with van der Waals surface area (Å²) in [5.41, 5.74) is 2.91. The maximum absolute atomic E-state index is 12.9. The lowest BCUT2D eigenvalue weighted by atomic mass is 10.2. The lowest BCUT2D eigenvalue weighted by Crippen LogP contribution is -2.41. The summed E-state index contributed by atoms with van der Waals surface area (Å²) in [7, 11) is 0. The Morgan fingerprint density at radius 2 is 2.04 bits per heavy atom. The Balaban J connectivity index is 1.71. The lowest BCUT2D eigenvalue weighted by molar-refractivity contribution is -0.138. The van der Waals surface area contributed by atoms with Crippen LogP contribution in [0.2, 0.25) is 0 Å². The molecule has 1 unspecified atom stereocenters. The summed E-state index contributed by atoms with van der Waals surface area (Å²) < 4.78 is 1.12. The van der Waals surface area contributed by atoms with Crippen molar-refractivity contribution in [2.24, 2.45) is 0 Å². The molecule has 0 bridgehead atoms. The van der Waals surface area contributed by atoms with E-state index in [0.717, 1.165) is 31.4 Å². The van der Waals surface area contributed by atoms with Crippen LogP contribution in [0.1, 0.15) is 17.0 Å². The Kier molecular flexibility index (Phi) is 4.42. The molecule has 1 aromatic heterocycles. The van der Waals surface area contributed by atoms with Crippen LogP contribution in [0.5, 0.6) is 0 Å². The van der Waals surface area contributed by atoms with Gasteiger partial charge in [-0.1, -0.05) is 24.3 Å². The number of thiazole rings is 1. The summed E-state index contributed by atoms with van der Waals surface area (Å²) in [6, 6.07) is 13.6. The standard InChI is InChI=1S/C19H16N2O3S2/c1-11-5-4-6-12-18(11)26-16(20-12)10-21-13-7-2-3-8-14(13)25-15(19(21)24)9-17(22)23/h2-8,15H,9-10H2,1H3,(H,22,23). The minimum absolute atomic E-state index is 0.174. The molecule has 0 fully saturated rings. The Hall–Kier alpha value is -2.38. The second-order valence-electron chi connectivity index (χ2n) is 6.13. The molecule has 4 rings (SSSR count). The van der Waals surface area contributed by atoms with Crippen LogP contribution in [-0.2, 0) is 16.1 Å². The molecule has 0 aliphatic carbocycles. The molecule has 3 aromatic rings. The SMILES string of the molecule is Cc1cccc2nc(CN3C(=O)C(CC(=O)O)Sc4ccccc43)sc12. The zero-order valence-electron chi connectivity index (χ0n) is 14.0. The van der Waals surface area contributed by atoms with Crippen molar-refractivity contribution in [2.75, 3.05) is 4.90 Å². The number of carbonyl (C=O) groups excluding carboxylic acids is 1. The average Bonchev–Trinajstić information content (AvgIpc) is 3.02. The van der Waals surface area contributed by atoms with E-state index >= 15 is 0 Å². The molecule has 1 atom stereocenters. The molecular weight excluding hydrogens is 368 g/mol. The zero-order valence-corrected chi connectivity index (χ0v) is 15.6. The molecular formula is C19H16N2O3S2. The second kappa shape index (κ2) is 6.74. The van der Waals surface area contributed by atoms with E-state index in [2.05, 4.69) is 4.98 Å². The van der Waals surface area contributed by atoms with Crippen molar-refractivity contribution in [1.82, 2.24) is 4.98 Å². The first-order valence-electron chi connectivity index (χ1n) is 8.17. The van der Waals surface area contributed by atoms with Crippen LogP contribution in [-0.4, -0.2) is 27.2 Å². The van der Waals surface area contributed by atoms with Gasteiger partial charge in [0.05, 0.1) is 34.1 Å². The van der Waals surface area contributed by atoms with Gasteiger partial charge in [0, 0.05) is 4.90 Å². The molecule has 1 aliphatic heterocycles. The molecule has 0 spiro atoms. The number of rotatable bonds is 4. The molecule has 2 aromatic carbocycles. The summed E-state index contributed by atoms with van der Waals surface area (Å²) in [6.07, 6.45) is -0.187. The Labute approximate surface area is 158 Å². The molecule has 26 heavy (non-hydrogen) atoms. The predicted molar refractivity (Wildman–Crippen MR) is 104 cm³/mol. The Morgan fingerprint density at radius 1 is 1.23 bits per heavy atom. The van der Waals surface area contributed by atoms with E-state index in [1.165, 1.54) is 11.8 Å². The minimum atomic E-state index is -0.967. The van der Waals surface area contributed by atoms with Gasteiger partial charge in [0.1, 0.15) is 5.01 Å². The second-order valence-corrected chi connectivity index (χ2v) is 8.46. The Morgan fingerprint density at radius 3 is 2.81 bits per heavy atom. The monoisotopic (exact) mass is 384 g/mol. The number of aryl methyl sites for hydroxylation is 1. The number of hydrogen-bond acceptors (Lipinski definition) is 5. The first-order chi connectivity index (χ1) is 12.5. The quantitative estimate of drug-likeness (QED) is 0.734. The van der Waals surface area contributed by atoms with E-state index in [1.54, 1.807) is 16.2 Å². The third-order valence-corrected chi connectivity index (χ3v) is 6.72. The highest BCUT2D eigenvalue weighted by molar-refractivity contribution is 8.01. The maximum atomic E-state index is 12.9.